The van der Waals surface area contributed by atoms with Gasteiger partial charge in [0.1, 0.15) is 0 Å². The predicted molar refractivity (Wildman–Crippen MR) is 83.0 cm³/mol. The molecule has 1 aliphatic heterocycles. The number of carbonyl (C=O) groups excluding carboxylic acids is 1. The number of carboxylic acids is 1. The molecule has 0 radical (unpaired) electrons. The Kier molecular flexibility index (Phi) is 6.65. The average Bonchev–Trinajstić information content (AvgIpc) is 2.45. The number of carbonyl (C=O) groups is 2. The highest BCUT2D eigenvalue weighted by Crippen LogP contribution is 2.10. The second-order valence-electron chi connectivity index (χ2n) is 5.15. The molecule has 0 spiro atoms. The Balaban J connectivity index is 0.00000220. The van der Waals surface area contributed by atoms with Crippen LogP contribution < -0.4 is 0 Å². The Morgan fingerprint density at radius 2 is 1.86 bits per heavy atom. The lowest BCUT2D eigenvalue weighted by Crippen LogP contribution is -2.49. The topological polar surface area (TPSA) is 60.9 Å². The van der Waals surface area contributed by atoms with Crippen LogP contribution in [0.3, 0.4) is 0 Å². The summed E-state index contributed by atoms with van der Waals surface area (Å²) in [5, 5.41) is 8.67. The maximum absolute atomic E-state index is 12.3. The van der Waals surface area contributed by atoms with E-state index in [-0.39, 0.29) is 24.7 Å². The van der Waals surface area contributed by atoms with E-state index in [1.165, 1.54) is 0 Å². The first-order valence-corrected chi connectivity index (χ1v) is 6.86. The zero-order chi connectivity index (χ0) is 14.5. The molecule has 1 amide bonds. The van der Waals surface area contributed by atoms with Crippen molar-refractivity contribution in [3.63, 3.8) is 0 Å². The molecule has 1 aromatic carbocycles. The Hall–Kier alpha value is -1.59. The first-order chi connectivity index (χ1) is 9.56. The zero-order valence-corrected chi connectivity index (χ0v) is 12.9. The Morgan fingerprint density at radius 3 is 2.43 bits per heavy atom. The van der Waals surface area contributed by atoms with E-state index in [9.17, 15) is 9.59 Å². The molecule has 21 heavy (non-hydrogen) atoms. The maximum atomic E-state index is 12.3. The molecule has 0 bridgehead atoms. The fraction of sp³-hybridized carbons (Fsp3) is 0.467. The number of amides is 1. The van der Waals surface area contributed by atoms with E-state index < -0.39 is 5.97 Å². The minimum Gasteiger partial charge on any atom is -0.481 e. The number of aryl methyl sites for hydroxylation is 1. The van der Waals surface area contributed by atoms with Crippen LogP contribution in [0.5, 0.6) is 0 Å². The molecule has 2 rings (SSSR count). The normalized spacial score (nSPS) is 15.4. The van der Waals surface area contributed by atoms with Crippen LogP contribution in [-0.4, -0.2) is 59.5 Å². The van der Waals surface area contributed by atoms with E-state index in [0.717, 1.165) is 24.2 Å². The summed E-state index contributed by atoms with van der Waals surface area (Å²) in [5.74, 6) is -0.713. The molecule has 1 fully saturated rings. The third-order valence-corrected chi connectivity index (χ3v) is 3.57. The highest BCUT2D eigenvalue weighted by atomic mass is 35.5. The molecular formula is C15H21ClN2O3. The Labute approximate surface area is 131 Å². The summed E-state index contributed by atoms with van der Waals surface area (Å²) in [6.45, 7) is 5.33. The lowest BCUT2D eigenvalue weighted by Gasteiger charge is -2.34. The molecule has 1 aliphatic rings. The highest BCUT2D eigenvalue weighted by Gasteiger charge is 2.22. The molecule has 0 unspecified atom stereocenters. The molecule has 116 valence electrons. The SMILES string of the molecule is Cc1cccc(C(=O)N2CCN(CCC(=O)O)CC2)c1.Cl. The fourth-order valence-electron chi connectivity index (χ4n) is 2.39. The monoisotopic (exact) mass is 312 g/mol. The van der Waals surface area contributed by atoms with Crippen molar-refractivity contribution in [2.45, 2.75) is 13.3 Å². The van der Waals surface area contributed by atoms with Gasteiger partial charge in [0, 0.05) is 38.3 Å². The summed E-state index contributed by atoms with van der Waals surface area (Å²) >= 11 is 0. The van der Waals surface area contributed by atoms with Crippen LogP contribution in [-0.2, 0) is 4.79 Å². The molecular weight excluding hydrogens is 292 g/mol. The summed E-state index contributed by atoms with van der Waals surface area (Å²) in [6, 6.07) is 7.61. The van der Waals surface area contributed by atoms with Crippen LogP contribution in [0.4, 0.5) is 0 Å². The number of rotatable bonds is 4. The summed E-state index contributed by atoms with van der Waals surface area (Å²) in [5.41, 5.74) is 1.81. The third kappa shape index (κ3) is 5.02. The third-order valence-electron chi connectivity index (χ3n) is 3.57. The van der Waals surface area contributed by atoms with Crippen LogP contribution in [0.1, 0.15) is 22.3 Å². The van der Waals surface area contributed by atoms with Gasteiger partial charge < -0.3 is 10.0 Å². The molecule has 1 aromatic rings. The lowest BCUT2D eigenvalue weighted by molar-refractivity contribution is -0.137. The minimum atomic E-state index is -0.775. The van der Waals surface area contributed by atoms with Gasteiger partial charge in [-0.3, -0.25) is 14.5 Å². The van der Waals surface area contributed by atoms with Gasteiger partial charge in [0.15, 0.2) is 0 Å². The molecule has 6 heteroatoms. The van der Waals surface area contributed by atoms with Gasteiger partial charge in [-0.25, -0.2) is 0 Å². The quantitative estimate of drug-likeness (QED) is 0.918. The minimum absolute atomic E-state index is 0. The largest absolute Gasteiger partial charge is 0.481 e. The molecule has 0 atom stereocenters. The maximum Gasteiger partial charge on any atom is 0.304 e. The average molecular weight is 313 g/mol. The Bertz CT molecular complexity index is 499. The standard InChI is InChI=1S/C15H20N2O3.ClH/c1-12-3-2-4-13(11-12)15(20)17-9-7-16(8-10-17)6-5-14(18)19;/h2-4,11H,5-10H2,1H3,(H,18,19);1H. The first kappa shape index (κ1) is 17.5. The number of nitrogens with zero attached hydrogens (tertiary/aromatic N) is 2. The van der Waals surface area contributed by atoms with Gasteiger partial charge >= 0.3 is 5.97 Å². The number of aliphatic carboxylic acids is 1. The van der Waals surface area contributed by atoms with Crippen molar-refractivity contribution in [2.24, 2.45) is 0 Å². The summed E-state index contributed by atoms with van der Waals surface area (Å²) in [7, 11) is 0. The number of hydrogen-bond acceptors (Lipinski definition) is 3. The van der Waals surface area contributed by atoms with Crippen molar-refractivity contribution in [1.82, 2.24) is 9.80 Å². The van der Waals surface area contributed by atoms with Crippen molar-refractivity contribution in [2.75, 3.05) is 32.7 Å². The second-order valence-corrected chi connectivity index (χ2v) is 5.15. The van der Waals surface area contributed by atoms with Gasteiger partial charge in [0.2, 0.25) is 0 Å². The van der Waals surface area contributed by atoms with E-state index in [0.29, 0.717) is 19.6 Å². The van der Waals surface area contributed by atoms with Crippen LogP contribution >= 0.6 is 12.4 Å². The van der Waals surface area contributed by atoms with Crippen LogP contribution in [0, 0.1) is 6.92 Å². The summed E-state index contributed by atoms with van der Waals surface area (Å²) in [6.07, 6.45) is 0.159. The van der Waals surface area contributed by atoms with Gasteiger partial charge in [0.05, 0.1) is 6.42 Å². The molecule has 5 nitrogen and oxygen atoms in total. The number of carboxylic acid groups (broad SMARTS) is 1. The molecule has 1 heterocycles. The number of benzene rings is 1. The highest BCUT2D eigenvalue weighted by molar-refractivity contribution is 5.94. The smallest absolute Gasteiger partial charge is 0.304 e. The second kappa shape index (κ2) is 8.00. The van der Waals surface area contributed by atoms with Gasteiger partial charge in [-0.15, -0.1) is 12.4 Å². The molecule has 1 N–H and O–H groups in total. The number of piperazine rings is 1. The van der Waals surface area contributed by atoms with E-state index in [4.69, 9.17) is 5.11 Å². The van der Waals surface area contributed by atoms with E-state index in [1.54, 1.807) is 0 Å². The number of hydrogen-bond donors (Lipinski definition) is 1. The van der Waals surface area contributed by atoms with Gasteiger partial charge in [-0.1, -0.05) is 17.7 Å². The van der Waals surface area contributed by atoms with Gasteiger partial charge in [-0.2, -0.15) is 0 Å². The van der Waals surface area contributed by atoms with E-state index >= 15 is 0 Å². The molecule has 0 aromatic heterocycles. The van der Waals surface area contributed by atoms with Crippen molar-refractivity contribution >= 4 is 24.3 Å². The van der Waals surface area contributed by atoms with Crippen molar-refractivity contribution in [3.8, 4) is 0 Å². The molecule has 0 saturated carbocycles. The summed E-state index contributed by atoms with van der Waals surface area (Å²) in [4.78, 5) is 26.8. The fourth-order valence-corrected chi connectivity index (χ4v) is 2.39. The first-order valence-electron chi connectivity index (χ1n) is 6.86. The Morgan fingerprint density at radius 1 is 1.19 bits per heavy atom. The summed E-state index contributed by atoms with van der Waals surface area (Å²) < 4.78 is 0. The molecule has 0 aliphatic carbocycles. The van der Waals surface area contributed by atoms with E-state index in [2.05, 4.69) is 4.90 Å². The van der Waals surface area contributed by atoms with Gasteiger partial charge in [-0.05, 0) is 19.1 Å². The molecule has 1 saturated heterocycles. The lowest BCUT2D eigenvalue weighted by atomic mass is 10.1. The van der Waals surface area contributed by atoms with Gasteiger partial charge in [0.25, 0.3) is 5.91 Å². The predicted octanol–water partition coefficient (Wildman–Crippen LogP) is 1.65. The van der Waals surface area contributed by atoms with Crippen molar-refractivity contribution < 1.29 is 14.7 Å². The van der Waals surface area contributed by atoms with Crippen LogP contribution in [0.15, 0.2) is 24.3 Å². The van der Waals surface area contributed by atoms with Crippen molar-refractivity contribution in [1.29, 1.82) is 0 Å². The number of halogens is 1. The van der Waals surface area contributed by atoms with E-state index in [1.807, 2.05) is 36.1 Å². The van der Waals surface area contributed by atoms with Crippen LogP contribution in [0.2, 0.25) is 0 Å². The zero-order valence-electron chi connectivity index (χ0n) is 12.1. The van der Waals surface area contributed by atoms with Crippen molar-refractivity contribution in [3.05, 3.63) is 35.4 Å². The van der Waals surface area contributed by atoms with Crippen LogP contribution in [0.25, 0.3) is 0 Å².